The van der Waals surface area contributed by atoms with Crippen LogP contribution in [0.25, 0.3) is 0 Å². The highest BCUT2D eigenvalue weighted by Crippen LogP contribution is 2.33. The van der Waals surface area contributed by atoms with Gasteiger partial charge in [0.2, 0.25) is 0 Å². The van der Waals surface area contributed by atoms with E-state index >= 15 is 0 Å². The number of amides is 1. The molecule has 1 saturated heterocycles. The molecule has 1 fully saturated rings. The number of hydrogen-bond acceptors (Lipinski definition) is 5. The van der Waals surface area contributed by atoms with Crippen LogP contribution < -0.4 is 9.54 Å². The molecule has 0 spiro atoms. The molecule has 0 saturated carbocycles. The third-order valence-corrected chi connectivity index (χ3v) is 7.20. The number of benzene rings is 1. The number of halogens is 3. The van der Waals surface area contributed by atoms with Gasteiger partial charge in [-0.25, -0.2) is 4.98 Å². The van der Waals surface area contributed by atoms with Gasteiger partial charge in [0, 0.05) is 30.9 Å². The monoisotopic (exact) mass is 522 g/mol. The van der Waals surface area contributed by atoms with Gasteiger partial charge < -0.3 is 18.6 Å². The van der Waals surface area contributed by atoms with Gasteiger partial charge in [-0.15, -0.1) is 11.3 Å². The standard InChI is InChI=1S/C25H29F3N4O3S/c1-24(2,3)21-13-32(12-18-6-5-9-34-18)23(36-21)30-22(33)19-10-16(25(26,27)28)7-8-20(19)35-14-17-11-31(4)15-29-17/h7-8,10-11,13,15,18H,5-6,9,12,14H2,1-4H3/t18-/m1/s1. The highest BCUT2D eigenvalue weighted by Gasteiger charge is 2.32. The maximum atomic E-state index is 13.5. The molecular weight excluding hydrogens is 493 g/mol. The zero-order chi connectivity index (χ0) is 26.1. The van der Waals surface area contributed by atoms with Crippen LogP contribution in [-0.4, -0.2) is 32.7 Å². The molecule has 1 atom stereocenters. The quantitative estimate of drug-likeness (QED) is 0.452. The lowest BCUT2D eigenvalue weighted by Gasteiger charge is -2.15. The summed E-state index contributed by atoms with van der Waals surface area (Å²) >= 11 is 1.35. The second kappa shape index (κ2) is 10.2. The molecule has 0 N–H and O–H groups in total. The van der Waals surface area contributed by atoms with Crippen LogP contribution in [-0.2, 0) is 36.5 Å². The Balaban J connectivity index is 1.72. The molecule has 4 rings (SSSR count). The van der Waals surface area contributed by atoms with Crippen molar-refractivity contribution in [3.05, 3.63) is 63.4 Å². The van der Waals surface area contributed by atoms with Gasteiger partial charge in [-0.2, -0.15) is 18.2 Å². The maximum absolute atomic E-state index is 13.5. The predicted octanol–water partition coefficient (Wildman–Crippen LogP) is 5.10. The molecular formula is C25H29F3N4O3S. The first-order valence-electron chi connectivity index (χ1n) is 11.6. The number of ether oxygens (including phenoxy) is 2. The molecule has 3 aromatic rings. The number of aryl methyl sites for hydroxylation is 1. The lowest BCUT2D eigenvalue weighted by molar-refractivity contribution is -0.137. The first-order valence-corrected chi connectivity index (χ1v) is 12.4. The molecule has 11 heteroatoms. The minimum Gasteiger partial charge on any atom is -0.486 e. The Labute approximate surface area is 211 Å². The van der Waals surface area contributed by atoms with Crippen molar-refractivity contribution in [1.82, 2.24) is 14.1 Å². The van der Waals surface area contributed by atoms with Crippen LogP contribution in [0.5, 0.6) is 5.75 Å². The Morgan fingerprint density at radius 2 is 2.06 bits per heavy atom. The molecule has 1 aromatic carbocycles. The van der Waals surface area contributed by atoms with Gasteiger partial charge in [0.05, 0.1) is 35.8 Å². The van der Waals surface area contributed by atoms with E-state index < -0.39 is 17.6 Å². The van der Waals surface area contributed by atoms with E-state index in [0.717, 1.165) is 35.9 Å². The maximum Gasteiger partial charge on any atom is 0.416 e. The van der Waals surface area contributed by atoms with Crippen molar-refractivity contribution < 1.29 is 27.4 Å². The summed E-state index contributed by atoms with van der Waals surface area (Å²) in [4.78, 5) is 23.1. The fourth-order valence-corrected chi connectivity index (χ4v) is 4.85. The van der Waals surface area contributed by atoms with Gasteiger partial charge in [-0.1, -0.05) is 20.8 Å². The van der Waals surface area contributed by atoms with E-state index in [2.05, 4.69) is 30.7 Å². The number of aromatic nitrogens is 3. The van der Waals surface area contributed by atoms with Gasteiger partial charge in [0.1, 0.15) is 12.4 Å². The van der Waals surface area contributed by atoms with Gasteiger partial charge in [-0.05, 0) is 36.5 Å². The summed E-state index contributed by atoms with van der Waals surface area (Å²) < 4.78 is 55.4. The molecule has 0 unspecified atom stereocenters. The van der Waals surface area contributed by atoms with E-state index in [0.29, 0.717) is 23.6 Å². The van der Waals surface area contributed by atoms with Crippen LogP contribution in [0.3, 0.4) is 0 Å². The molecule has 2 aromatic heterocycles. The summed E-state index contributed by atoms with van der Waals surface area (Å²) in [5, 5.41) is 0. The molecule has 0 aliphatic carbocycles. The average Bonchev–Trinajstić information content (AvgIpc) is 3.54. The number of rotatable bonds is 6. The lowest BCUT2D eigenvalue weighted by Crippen LogP contribution is -2.23. The van der Waals surface area contributed by atoms with E-state index in [1.54, 1.807) is 24.1 Å². The Kier molecular flexibility index (Phi) is 7.42. The van der Waals surface area contributed by atoms with Gasteiger partial charge in [0.25, 0.3) is 5.91 Å². The van der Waals surface area contributed by atoms with Crippen molar-refractivity contribution in [2.75, 3.05) is 6.61 Å². The highest BCUT2D eigenvalue weighted by atomic mass is 32.1. The first kappa shape index (κ1) is 26.2. The largest absolute Gasteiger partial charge is 0.486 e. The number of thiazole rings is 1. The van der Waals surface area contributed by atoms with Crippen molar-refractivity contribution >= 4 is 17.2 Å². The molecule has 1 amide bonds. The third kappa shape index (κ3) is 6.25. The van der Waals surface area contributed by atoms with E-state index in [1.807, 2.05) is 10.8 Å². The minimum absolute atomic E-state index is 0.00131. The van der Waals surface area contributed by atoms with Crippen LogP contribution in [0.15, 0.2) is 41.9 Å². The predicted molar refractivity (Wildman–Crippen MR) is 129 cm³/mol. The van der Waals surface area contributed by atoms with E-state index in [9.17, 15) is 18.0 Å². The molecule has 1 aliphatic heterocycles. The Bertz CT molecular complexity index is 1290. The van der Waals surface area contributed by atoms with Gasteiger partial charge >= 0.3 is 6.18 Å². The summed E-state index contributed by atoms with van der Waals surface area (Å²) in [5.41, 5.74) is -0.808. The Morgan fingerprint density at radius 1 is 1.28 bits per heavy atom. The molecule has 0 bridgehead atoms. The fourth-order valence-electron chi connectivity index (χ4n) is 3.79. The van der Waals surface area contributed by atoms with Crippen LogP contribution in [0.1, 0.15) is 60.1 Å². The van der Waals surface area contributed by atoms with Gasteiger partial charge in [-0.3, -0.25) is 4.79 Å². The molecule has 36 heavy (non-hydrogen) atoms. The average molecular weight is 523 g/mol. The van der Waals surface area contributed by atoms with E-state index in [-0.39, 0.29) is 29.4 Å². The summed E-state index contributed by atoms with van der Waals surface area (Å²) in [5.74, 6) is -0.791. The number of nitrogens with zero attached hydrogens (tertiary/aromatic N) is 4. The number of hydrogen-bond donors (Lipinski definition) is 0. The number of alkyl halides is 3. The summed E-state index contributed by atoms with van der Waals surface area (Å²) in [6.45, 7) is 7.36. The van der Waals surface area contributed by atoms with Crippen molar-refractivity contribution in [2.24, 2.45) is 12.0 Å². The van der Waals surface area contributed by atoms with E-state index in [4.69, 9.17) is 9.47 Å². The number of carbonyl (C=O) groups excluding carboxylic acids is 1. The van der Waals surface area contributed by atoms with Crippen molar-refractivity contribution in [2.45, 2.75) is 64.5 Å². The number of imidazole rings is 1. The smallest absolute Gasteiger partial charge is 0.416 e. The Hall–Kier alpha value is -2.92. The van der Waals surface area contributed by atoms with Crippen LogP contribution in [0, 0.1) is 0 Å². The molecule has 194 valence electrons. The lowest BCUT2D eigenvalue weighted by atomic mass is 9.95. The summed E-state index contributed by atoms with van der Waals surface area (Å²) in [6, 6.07) is 2.84. The number of carbonyl (C=O) groups is 1. The second-order valence-corrected chi connectivity index (χ2v) is 10.9. The van der Waals surface area contributed by atoms with Crippen molar-refractivity contribution in [1.29, 1.82) is 0 Å². The Morgan fingerprint density at radius 3 is 2.67 bits per heavy atom. The summed E-state index contributed by atoms with van der Waals surface area (Å²) in [7, 11) is 1.79. The third-order valence-electron chi connectivity index (χ3n) is 5.75. The minimum atomic E-state index is -4.61. The zero-order valence-corrected chi connectivity index (χ0v) is 21.4. The van der Waals surface area contributed by atoms with Gasteiger partial charge in [0.15, 0.2) is 4.80 Å². The highest BCUT2D eigenvalue weighted by molar-refractivity contribution is 7.09. The van der Waals surface area contributed by atoms with Crippen molar-refractivity contribution in [3.8, 4) is 5.75 Å². The van der Waals surface area contributed by atoms with Crippen LogP contribution in [0.2, 0.25) is 0 Å². The van der Waals surface area contributed by atoms with Crippen molar-refractivity contribution in [3.63, 3.8) is 0 Å². The summed E-state index contributed by atoms with van der Waals surface area (Å²) in [6.07, 6.45) is 2.52. The first-order chi connectivity index (χ1) is 16.9. The zero-order valence-electron chi connectivity index (χ0n) is 20.6. The molecule has 7 nitrogen and oxygen atoms in total. The second-order valence-electron chi connectivity index (χ2n) is 9.86. The topological polar surface area (TPSA) is 70.6 Å². The van der Waals surface area contributed by atoms with Crippen LogP contribution in [0.4, 0.5) is 13.2 Å². The fraction of sp³-hybridized carbons (Fsp3) is 0.480. The van der Waals surface area contributed by atoms with E-state index in [1.165, 1.54) is 11.3 Å². The van der Waals surface area contributed by atoms with Crippen LogP contribution >= 0.6 is 11.3 Å². The SMILES string of the molecule is Cn1cnc(COc2ccc(C(F)(F)F)cc2C(=O)N=c2sc(C(C)(C)C)cn2C[C@H]2CCCO2)c1. The molecule has 0 radical (unpaired) electrons. The normalized spacial score (nSPS) is 17.1. The molecule has 1 aliphatic rings. The molecule has 3 heterocycles.